The highest BCUT2D eigenvalue weighted by atomic mass is 16.4. The zero-order valence-corrected chi connectivity index (χ0v) is 11.3. The van der Waals surface area contributed by atoms with Crippen LogP contribution < -0.4 is 16.4 Å². The van der Waals surface area contributed by atoms with Crippen molar-refractivity contribution >= 4 is 23.8 Å². The molecule has 0 bridgehead atoms. The number of urea groups is 1. The van der Waals surface area contributed by atoms with Crippen LogP contribution in [0.25, 0.3) is 0 Å². The number of hydrogen-bond acceptors (Lipinski definition) is 4. The van der Waals surface area contributed by atoms with E-state index in [1.54, 1.807) is 13.8 Å². The second-order valence-corrected chi connectivity index (χ2v) is 4.98. The lowest BCUT2D eigenvalue weighted by Crippen LogP contribution is -2.66. The molecule has 1 atom stereocenters. The van der Waals surface area contributed by atoms with Crippen molar-refractivity contribution in [3.63, 3.8) is 0 Å². The number of carboxylic acid groups (broad SMARTS) is 1. The minimum absolute atomic E-state index is 0.244. The number of rotatable bonds is 4. The lowest BCUT2D eigenvalue weighted by molar-refractivity contribution is -0.141. The second-order valence-electron chi connectivity index (χ2n) is 4.98. The summed E-state index contributed by atoms with van der Waals surface area (Å²) in [6.07, 6.45) is -0.512. The van der Waals surface area contributed by atoms with Gasteiger partial charge < -0.3 is 26.4 Å². The number of nitrogens with zero attached hydrogens (tertiary/aromatic N) is 1. The average molecular weight is 286 g/mol. The van der Waals surface area contributed by atoms with Crippen LogP contribution in [0, 0.1) is 0 Å². The van der Waals surface area contributed by atoms with Gasteiger partial charge in [-0.25, -0.2) is 9.59 Å². The summed E-state index contributed by atoms with van der Waals surface area (Å²) in [5, 5.41) is 13.7. The zero-order chi connectivity index (χ0) is 15.5. The number of amides is 4. The molecule has 20 heavy (non-hydrogen) atoms. The third-order valence-corrected chi connectivity index (χ3v) is 3.10. The normalized spacial score (nSPS) is 18.9. The molecule has 0 spiro atoms. The number of piperazine rings is 1. The summed E-state index contributed by atoms with van der Waals surface area (Å²) in [6, 6.07) is -2.14. The van der Waals surface area contributed by atoms with Crippen LogP contribution in [0.5, 0.6) is 0 Å². The van der Waals surface area contributed by atoms with E-state index in [9.17, 15) is 19.2 Å². The number of nitrogens with one attached hydrogen (secondary N) is 2. The Morgan fingerprint density at radius 1 is 1.50 bits per heavy atom. The number of carbonyl (C=O) groups excluding carboxylic acids is 3. The van der Waals surface area contributed by atoms with Crippen LogP contribution in [-0.4, -0.2) is 58.5 Å². The van der Waals surface area contributed by atoms with Crippen molar-refractivity contribution in [3.8, 4) is 0 Å². The molecule has 0 aromatic heterocycles. The highest BCUT2D eigenvalue weighted by Gasteiger charge is 2.41. The number of carbonyl (C=O) groups is 4. The number of hydrogen-bond donors (Lipinski definition) is 4. The molecular weight excluding hydrogens is 268 g/mol. The van der Waals surface area contributed by atoms with Crippen molar-refractivity contribution in [1.29, 1.82) is 0 Å². The third kappa shape index (κ3) is 3.37. The van der Waals surface area contributed by atoms with E-state index < -0.39 is 35.9 Å². The Hall–Kier alpha value is -2.32. The minimum Gasteiger partial charge on any atom is -0.480 e. The number of nitrogens with two attached hydrogens (primary N) is 1. The summed E-state index contributed by atoms with van der Waals surface area (Å²) in [4.78, 5) is 46.7. The standard InChI is InChI=1S/C11H18N4O5/c1-11(2)9(19)13-3-4-15(11)10(20)14-6(8(17)18)5-7(12)16/h6H,3-5H2,1-2H3,(H2,12,16)(H,13,19)(H,14,20)(H,17,18)/t6-/m1/s1. The fourth-order valence-corrected chi connectivity index (χ4v) is 1.88. The van der Waals surface area contributed by atoms with E-state index in [-0.39, 0.29) is 19.0 Å². The number of carboxylic acids is 1. The quantitative estimate of drug-likeness (QED) is 0.484. The fourth-order valence-electron chi connectivity index (χ4n) is 1.88. The highest BCUT2D eigenvalue weighted by molar-refractivity contribution is 5.93. The third-order valence-electron chi connectivity index (χ3n) is 3.10. The summed E-state index contributed by atoms with van der Waals surface area (Å²) in [6.45, 7) is 3.62. The summed E-state index contributed by atoms with van der Waals surface area (Å²) >= 11 is 0. The SMILES string of the molecule is CC1(C)C(=O)NCCN1C(=O)N[C@H](CC(N)=O)C(=O)O. The van der Waals surface area contributed by atoms with Gasteiger partial charge in [0.15, 0.2) is 0 Å². The Morgan fingerprint density at radius 3 is 2.60 bits per heavy atom. The fraction of sp³-hybridized carbons (Fsp3) is 0.636. The lowest BCUT2D eigenvalue weighted by atomic mass is 9.99. The van der Waals surface area contributed by atoms with Gasteiger partial charge in [-0.3, -0.25) is 9.59 Å². The van der Waals surface area contributed by atoms with Crippen LogP contribution in [0.2, 0.25) is 0 Å². The first kappa shape index (κ1) is 15.7. The van der Waals surface area contributed by atoms with Gasteiger partial charge in [0, 0.05) is 13.1 Å². The van der Waals surface area contributed by atoms with Crippen molar-refractivity contribution in [2.75, 3.05) is 13.1 Å². The van der Waals surface area contributed by atoms with E-state index >= 15 is 0 Å². The lowest BCUT2D eigenvalue weighted by Gasteiger charge is -2.41. The molecule has 0 aliphatic carbocycles. The second kappa shape index (κ2) is 5.76. The molecule has 0 aromatic rings. The number of aliphatic carboxylic acids is 1. The van der Waals surface area contributed by atoms with Crippen LogP contribution >= 0.6 is 0 Å². The maximum Gasteiger partial charge on any atom is 0.326 e. The molecule has 5 N–H and O–H groups in total. The van der Waals surface area contributed by atoms with Crippen LogP contribution in [0.4, 0.5) is 4.79 Å². The van der Waals surface area contributed by atoms with Crippen molar-refractivity contribution in [3.05, 3.63) is 0 Å². The molecule has 0 aromatic carbocycles. The summed E-state index contributed by atoms with van der Waals surface area (Å²) < 4.78 is 0. The molecule has 4 amide bonds. The van der Waals surface area contributed by atoms with E-state index in [1.807, 2.05) is 0 Å². The Bertz CT molecular complexity index is 448. The predicted octanol–water partition coefficient (Wildman–Crippen LogP) is -1.76. The summed E-state index contributed by atoms with van der Waals surface area (Å²) in [7, 11) is 0. The Kier molecular flexibility index (Phi) is 4.53. The van der Waals surface area contributed by atoms with Crippen molar-refractivity contribution in [2.45, 2.75) is 31.8 Å². The van der Waals surface area contributed by atoms with Gasteiger partial charge in [-0.05, 0) is 13.8 Å². The van der Waals surface area contributed by atoms with E-state index in [0.717, 1.165) is 0 Å². The molecule has 112 valence electrons. The van der Waals surface area contributed by atoms with E-state index in [2.05, 4.69) is 10.6 Å². The van der Waals surface area contributed by atoms with Gasteiger partial charge in [-0.15, -0.1) is 0 Å². The van der Waals surface area contributed by atoms with Crippen molar-refractivity contribution in [1.82, 2.24) is 15.5 Å². The Balaban J connectivity index is 2.80. The molecule has 1 heterocycles. The van der Waals surface area contributed by atoms with Crippen LogP contribution in [-0.2, 0) is 14.4 Å². The van der Waals surface area contributed by atoms with Crippen LogP contribution in [0.1, 0.15) is 20.3 Å². The molecular formula is C11H18N4O5. The first-order valence-electron chi connectivity index (χ1n) is 6.03. The minimum atomic E-state index is -1.42. The topological polar surface area (TPSA) is 142 Å². The molecule has 0 saturated carbocycles. The zero-order valence-electron chi connectivity index (χ0n) is 11.3. The van der Waals surface area contributed by atoms with Crippen molar-refractivity contribution in [2.24, 2.45) is 5.73 Å². The first-order valence-corrected chi connectivity index (χ1v) is 6.03. The van der Waals surface area contributed by atoms with Gasteiger partial charge in [0.2, 0.25) is 11.8 Å². The molecule has 0 unspecified atom stereocenters. The molecule has 1 aliphatic rings. The summed E-state index contributed by atoms with van der Waals surface area (Å²) in [5.74, 6) is -2.54. The predicted molar refractivity (Wildman–Crippen MR) is 67.6 cm³/mol. The maximum absolute atomic E-state index is 12.1. The molecule has 1 rings (SSSR count). The highest BCUT2D eigenvalue weighted by Crippen LogP contribution is 2.17. The maximum atomic E-state index is 12.1. The molecule has 1 saturated heterocycles. The molecule has 1 aliphatic heterocycles. The van der Waals surface area contributed by atoms with E-state index in [0.29, 0.717) is 0 Å². The molecule has 0 radical (unpaired) electrons. The van der Waals surface area contributed by atoms with Crippen LogP contribution in [0.3, 0.4) is 0 Å². The monoisotopic (exact) mass is 286 g/mol. The van der Waals surface area contributed by atoms with Crippen LogP contribution in [0.15, 0.2) is 0 Å². The van der Waals surface area contributed by atoms with E-state index in [1.165, 1.54) is 4.90 Å². The molecule has 9 heteroatoms. The Labute approximate surface area is 115 Å². The first-order chi connectivity index (χ1) is 9.16. The van der Waals surface area contributed by atoms with Gasteiger partial charge in [0.05, 0.1) is 6.42 Å². The van der Waals surface area contributed by atoms with Gasteiger partial charge in [0.25, 0.3) is 0 Å². The molecule has 1 fully saturated rings. The van der Waals surface area contributed by atoms with Gasteiger partial charge in [-0.2, -0.15) is 0 Å². The van der Waals surface area contributed by atoms with E-state index in [4.69, 9.17) is 10.8 Å². The smallest absolute Gasteiger partial charge is 0.326 e. The van der Waals surface area contributed by atoms with Gasteiger partial charge in [0.1, 0.15) is 11.6 Å². The average Bonchev–Trinajstić information content (AvgIpc) is 2.30. The summed E-state index contributed by atoms with van der Waals surface area (Å²) in [5.41, 5.74) is 3.83. The molecule has 9 nitrogen and oxygen atoms in total. The van der Waals surface area contributed by atoms with Crippen molar-refractivity contribution < 1.29 is 24.3 Å². The largest absolute Gasteiger partial charge is 0.480 e. The Morgan fingerprint density at radius 2 is 2.10 bits per heavy atom. The number of primary amides is 1. The van der Waals surface area contributed by atoms with Gasteiger partial charge >= 0.3 is 12.0 Å². The van der Waals surface area contributed by atoms with Gasteiger partial charge in [-0.1, -0.05) is 0 Å².